The lowest BCUT2D eigenvalue weighted by molar-refractivity contribution is 0.599. The predicted molar refractivity (Wildman–Crippen MR) is 68.7 cm³/mol. The Morgan fingerprint density at radius 2 is 1.59 bits per heavy atom. The van der Waals surface area contributed by atoms with E-state index in [-0.39, 0.29) is 23.1 Å². The van der Waals surface area contributed by atoms with Crippen molar-refractivity contribution in [2.75, 3.05) is 5.75 Å². The SMILES string of the molecule is Cl.N=C(N)CS(=O)(=O)c1ccc(C(=N)N)cc1. The highest BCUT2D eigenvalue weighted by Gasteiger charge is 2.15. The van der Waals surface area contributed by atoms with Crippen LogP contribution in [0.4, 0.5) is 0 Å². The second kappa shape index (κ2) is 5.65. The van der Waals surface area contributed by atoms with E-state index < -0.39 is 21.4 Å². The van der Waals surface area contributed by atoms with Crippen LogP contribution in [0.2, 0.25) is 0 Å². The maximum absolute atomic E-state index is 11.6. The fourth-order valence-corrected chi connectivity index (χ4v) is 2.26. The number of nitrogen functional groups attached to an aromatic ring is 1. The minimum atomic E-state index is -3.56. The van der Waals surface area contributed by atoms with E-state index in [4.69, 9.17) is 22.3 Å². The Labute approximate surface area is 105 Å². The van der Waals surface area contributed by atoms with E-state index in [9.17, 15) is 8.42 Å². The van der Waals surface area contributed by atoms with Gasteiger partial charge in [0.25, 0.3) is 0 Å². The fraction of sp³-hybridized carbons (Fsp3) is 0.111. The quantitative estimate of drug-likeness (QED) is 0.458. The Balaban J connectivity index is 0.00000256. The van der Waals surface area contributed by atoms with E-state index in [2.05, 4.69) is 0 Å². The molecule has 0 atom stereocenters. The zero-order chi connectivity index (χ0) is 12.3. The molecule has 1 aromatic carbocycles. The molecule has 94 valence electrons. The van der Waals surface area contributed by atoms with Gasteiger partial charge < -0.3 is 11.5 Å². The van der Waals surface area contributed by atoms with E-state index in [0.29, 0.717) is 5.56 Å². The van der Waals surface area contributed by atoms with Crippen molar-refractivity contribution in [2.45, 2.75) is 4.90 Å². The van der Waals surface area contributed by atoms with Crippen LogP contribution in [0.25, 0.3) is 0 Å². The summed E-state index contributed by atoms with van der Waals surface area (Å²) < 4.78 is 23.2. The number of nitrogens with one attached hydrogen (secondary N) is 2. The summed E-state index contributed by atoms with van der Waals surface area (Å²) in [6.45, 7) is 0. The molecule has 0 aliphatic carbocycles. The standard InChI is InChI=1S/C9H12N4O2S.ClH/c10-8(11)5-16(14,15)7-3-1-6(2-4-7)9(12)13;/h1-4H,5H2,(H3,10,11)(H3,12,13);1H. The van der Waals surface area contributed by atoms with Gasteiger partial charge in [0, 0.05) is 5.56 Å². The first-order chi connectivity index (χ1) is 7.33. The van der Waals surface area contributed by atoms with Crippen LogP contribution in [0.3, 0.4) is 0 Å². The molecule has 17 heavy (non-hydrogen) atoms. The Hall–Kier alpha value is -1.60. The van der Waals surface area contributed by atoms with Crippen molar-refractivity contribution in [1.82, 2.24) is 0 Å². The van der Waals surface area contributed by atoms with Crippen LogP contribution in [0.15, 0.2) is 29.2 Å². The zero-order valence-corrected chi connectivity index (χ0v) is 10.4. The topological polar surface area (TPSA) is 134 Å². The van der Waals surface area contributed by atoms with Crippen molar-refractivity contribution in [3.05, 3.63) is 29.8 Å². The van der Waals surface area contributed by atoms with Crippen molar-refractivity contribution in [3.63, 3.8) is 0 Å². The Bertz CT molecular complexity index is 524. The van der Waals surface area contributed by atoms with Gasteiger partial charge in [-0.2, -0.15) is 0 Å². The lowest BCUT2D eigenvalue weighted by Gasteiger charge is -2.04. The number of halogens is 1. The van der Waals surface area contributed by atoms with Gasteiger partial charge in [-0.05, 0) is 12.1 Å². The molecule has 0 bridgehead atoms. The molecule has 0 saturated carbocycles. The molecule has 1 rings (SSSR count). The maximum Gasteiger partial charge on any atom is 0.185 e. The smallest absolute Gasteiger partial charge is 0.185 e. The highest BCUT2D eigenvalue weighted by Crippen LogP contribution is 2.12. The molecule has 0 radical (unpaired) electrons. The highest BCUT2D eigenvalue weighted by molar-refractivity contribution is 7.92. The molecule has 1 aromatic rings. The number of amidine groups is 2. The predicted octanol–water partition coefficient (Wildman–Crippen LogP) is 0.102. The molecule has 0 spiro atoms. The Morgan fingerprint density at radius 1 is 1.12 bits per heavy atom. The molecule has 0 aromatic heterocycles. The third-order valence-electron chi connectivity index (χ3n) is 1.87. The summed E-state index contributed by atoms with van der Waals surface area (Å²) in [5.74, 6) is -1.04. The van der Waals surface area contributed by atoms with Gasteiger partial charge in [0.1, 0.15) is 17.4 Å². The summed E-state index contributed by atoms with van der Waals surface area (Å²) >= 11 is 0. The largest absolute Gasteiger partial charge is 0.387 e. The van der Waals surface area contributed by atoms with Crippen LogP contribution in [-0.4, -0.2) is 25.8 Å². The normalized spacial score (nSPS) is 10.4. The molecule has 0 aliphatic heterocycles. The summed E-state index contributed by atoms with van der Waals surface area (Å²) in [6.07, 6.45) is 0. The van der Waals surface area contributed by atoms with Crippen molar-refractivity contribution in [2.24, 2.45) is 11.5 Å². The minimum absolute atomic E-state index is 0. The zero-order valence-electron chi connectivity index (χ0n) is 8.80. The number of nitrogens with two attached hydrogens (primary N) is 2. The van der Waals surface area contributed by atoms with E-state index >= 15 is 0 Å². The molecular formula is C9H13ClN4O2S. The first-order valence-corrected chi connectivity index (χ1v) is 5.98. The van der Waals surface area contributed by atoms with Gasteiger partial charge in [-0.25, -0.2) is 8.42 Å². The van der Waals surface area contributed by atoms with Gasteiger partial charge in [0.2, 0.25) is 0 Å². The van der Waals surface area contributed by atoms with Gasteiger partial charge >= 0.3 is 0 Å². The summed E-state index contributed by atoms with van der Waals surface area (Å²) in [5.41, 5.74) is 10.7. The van der Waals surface area contributed by atoms with Crippen LogP contribution in [0.5, 0.6) is 0 Å². The van der Waals surface area contributed by atoms with Crippen molar-refractivity contribution in [3.8, 4) is 0 Å². The lowest BCUT2D eigenvalue weighted by atomic mass is 10.2. The van der Waals surface area contributed by atoms with E-state index in [1.165, 1.54) is 24.3 Å². The van der Waals surface area contributed by atoms with Crippen LogP contribution in [0, 0.1) is 10.8 Å². The number of hydrogen-bond acceptors (Lipinski definition) is 4. The molecule has 0 saturated heterocycles. The van der Waals surface area contributed by atoms with Crippen LogP contribution < -0.4 is 11.5 Å². The molecule has 0 fully saturated rings. The number of hydrogen-bond donors (Lipinski definition) is 4. The van der Waals surface area contributed by atoms with Crippen LogP contribution >= 0.6 is 12.4 Å². The number of sulfone groups is 1. The second-order valence-corrected chi connectivity index (χ2v) is 5.21. The number of benzene rings is 1. The van der Waals surface area contributed by atoms with Crippen molar-refractivity contribution < 1.29 is 8.42 Å². The minimum Gasteiger partial charge on any atom is -0.387 e. The van der Waals surface area contributed by atoms with Gasteiger partial charge in [-0.3, -0.25) is 10.8 Å². The second-order valence-electron chi connectivity index (χ2n) is 3.22. The average molecular weight is 277 g/mol. The lowest BCUT2D eigenvalue weighted by Crippen LogP contribution is -2.22. The summed E-state index contributed by atoms with van der Waals surface area (Å²) in [6, 6.07) is 5.56. The fourth-order valence-electron chi connectivity index (χ4n) is 1.13. The average Bonchev–Trinajstić information content (AvgIpc) is 2.16. The van der Waals surface area contributed by atoms with Crippen LogP contribution in [0.1, 0.15) is 5.56 Å². The van der Waals surface area contributed by atoms with Gasteiger partial charge in [-0.1, -0.05) is 12.1 Å². The molecule has 0 unspecified atom stereocenters. The summed E-state index contributed by atoms with van der Waals surface area (Å²) in [7, 11) is -3.56. The first kappa shape index (κ1) is 15.4. The van der Waals surface area contributed by atoms with E-state index in [1.54, 1.807) is 0 Å². The molecule has 6 nitrogen and oxygen atoms in total. The van der Waals surface area contributed by atoms with E-state index in [0.717, 1.165) is 0 Å². The van der Waals surface area contributed by atoms with Crippen LogP contribution in [-0.2, 0) is 9.84 Å². The summed E-state index contributed by atoms with van der Waals surface area (Å²) in [4.78, 5) is 0.0627. The van der Waals surface area contributed by atoms with Crippen molar-refractivity contribution >= 4 is 33.9 Å². The van der Waals surface area contributed by atoms with Gasteiger partial charge in [0.15, 0.2) is 9.84 Å². The maximum atomic E-state index is 11.6. The third-order valence-corrected chi connectivity index (χ3v) is 3.55. The number of rotatable bonds is 4. The molecule has 6 N–H and O–H groups in total. The Kier molecular flexibility index (Phi) is 5.11. The van der Waals surface area contributed by atoms with E-state index in [1.807, 2.05) is 0 Å². The molecule has 0 amide bonds. The molecular weight excluding hydrogens is 264 g/mol. The molecule has 8 heteroatoms. The van der Waals surface area contributed by atoms with Crippen molar-refractivity contribution in [1.29, 1.82) is 10.8 Å². The molecule has 0 aliphatic rings. The van der Waals surface area contributed by atoms with Gasteiger partial charge in [-0.15, -0.1) is 12.4 Å². The van der Waals surface area contributed by atoms with Gasteiger partial charge in [0.05, 0.1) is 4.90 Å². The highest BCUT2D eigenvalue weighted by atomic mass is 35.5. The Morgan fingerprint density at radius 3 is 1.94 bits per heavy atom. The first-order valence-electron chi connectivity index (χ1n) is 4.33. The monoisotopic (exact) mass is 276 g/mol. The summed E-state index contributed by atoms with van der Waals surface area (Å²) in [5, 5.41) is 14.1. The molecule has 0 heterocycles. The third kappa shape index (κ3) is 4.04.